The van der Waals surface area contributed by atoms with E-state index in [1.54, 1.807) is 35.9 Å². The van der Waals surface area contributed by atoms with Crippen molar-refractivity contribution in [2.24, 2.45) is 0 Å². The number of para-hydroxylation sites is 2. The van der Waals surface area contributed by atoms with Gasteiger partial charge in [-0.05, 0) is 57.2 Å². The van der Waals surface area contributed by atoms with Gasteiger partial charge in [0.2, 0.25) is 5.88 Å². The van der Waals surface area contributed by atoms with Crippen LogP contribution in [0, 0.1) is 6.92 Å². The van der Waals surface area contributed by atoms with Crippen molar-refractivity contribution in [1.82, 2.24) is 20.0 Å². The van der Waals surface area contributed by atoms with Crippen LogP contribution in [0.4, 0.5) is 4.79 Å². The number of urea groups is 1. The number of nitrogens with zero attached hydrogens (tertiary/aromatic N) is 3. The Bertz CT molecular complexity index is 1100. The first-order valence-electron chi connectivity index (χ1n) is 11.0. The number of aromatic nitrogens is 2. The Hall–Kier alpha value is -3.23. The summed E-state index contributed by atoms with van der Waals surface area (Å²) in [5, 5.41) is 8.31. The molecule has 0 saturated carbocycles. The van der Waals surface area contributed by atoms with Crippen LogP contribution in [0.1, 0.15) is 25.1 Å². The van der Waals surface area contributed by atoms with Gasteiger partial charge < -0.3 is 24.4 Å². The first kappa shape index (κ1) is 25.4. The minimum Gasteiger partial charge on any atom is -0.493 e. The van der Waals surface area contributed by atoms with Crippen molar-refractivity contribution in [3.63, 3.8) is 0 Å². The molecule has 0 aliphatic heterocycles. The Morgan fingerprint density at radius 2 is 1.79 bits per heavy atom. The van der Waals surface area contributed by atoms with Crippen LogP contribution in [0.25, 0.3) is 5.69 Å². The largest absolute Gasteiger partial charge is 0.493 e. The monoisotopic (exact) mass is 486 g/mol. The molecule has 3 aromatic rings. The van der Waals surface area contributed by atoms with Crippen molar-refractivity contribution in [3.8, 4) is 23.1 Å². The smallest absolute Gasteiger partial charge is 0.317 e. The van der Waals surface area contributed by atoms with Gasteiger partial charge in [0.25, 0.3) is 0 Å². The summed E-state index contributed by atoms with van der Waals surface area (Å²) in [4.78, 5) is 14.6. The second-order valence-electron chi connectivity index (χ2n) is 8.03. The van der Waals surface area contributed by atoms with Crippen LogP contribution in [0.3, 0.4) is 0 Å². The van der Waals surface area contributed by atoms with Gasteiger partial charge in [0.1, 0.15) is 0 Å². The average Bonchev–Trinajstić information content (AvgIpc) is 3.11. The quantitative estimate of drug-likeness (QED) is 0.426. The fourth-order valence-corrected chi connectivity index (χ4v) is 3.50. The lowest BCUT2D eigenvalue weighted by Crippen LogP contribution is -2.44. The third-order valence-corrected chi connectivity index (χ3v) is 5.35. The van der Waals surface area contributed by atoms with Gasteiger partial charge in [0.15, 0.2) is 11.5 Å². The maximum Gasteiger partial charge on any atom is 0.317 e. The van der Waals surface area contributed by atoms with Gasteiger partial charge in [-0.2, -0.15) is 5.10 Å². The highest BCUT2D eigenvalue weighted by Crippen LogP contribution is 2.36. The summed E-state index contributed by atoms with van der Waals surface area (Å²) in [6, 6.07) is 14.5. The molecule has 0 unspecified atom stereocenters. The highest BCUT2D eigenvalue weighted by atomic mass is 35.5. The molecule has 8 nitrogen and oxygen atoms in total. The van der Waals surface area contributed by atoms with Crippen LogP contribution in [0.5, 0.6) is 17.4 Å². The van der Waals surface area contributed by atoms with Crippen LogP contribution < -0.4 is 14.8 Å². The van der Waals surface area contributed by atoms with E-state index in [1.165, 1.54) is 0 Å². The summed E-state index contributed by atoms with van der Waals surface area (Å²) < 4.78 is 18.8. The molecule has 0 atom stereocenters. The molecular weight excluding hydrogens is 456 g/mol. The lowest BCUT2D eigenvalue weighted by atomic mass is 10.2. The minimum atomic E-state index is -0.186. The van der Waals surface area contributed by atoms with Crippen LogP contribution in [0.15, 0.2) is 48.5 Å². The first-order chi connectivity index (χ1) is 16.3. The van der Waals surface area contributed by atoms with Crippen LogP contribution in [-0.4, -0.2) is 54.1 Å². The number of rotatable bonds is 10. The minimum absolute atomic E-state index is 0.000248. The van der Waals surface area contributed by atoms with Gasteiger partial charge in [-0.1, -0.05) is 23.7 Å². The fourth-order valence-electron chi connectivity index (χ4n) is 3.37. The number of benzene rings is 2. The van der Waals surface area contributed by atoms with Crippen molar-refractivity contribution in [3.05, 3.63) is 64.8 Å². The molecule has 0 bridgehead atoms. The van der Waals surface area contributed by atoms with E-state index in [0.717, 1.165) is 16.9 Å². The summed E-state index contributed by atoms with van der Waals surface area (Å²) in [6.07, 6.45) is 0. The van der Waals surface area contributed by atoms with E-state index in [2.05, 4.69) is 5.32 Å². The van der Waals surface area contributed by atoms with E-state index < -0.39 is 0 Å². The Balaban J connectivity index is 2.07. The molecule has 0 radical (unpaired) electrons. The Labute approximate surface area is 205 Å². The second kappa shape index (κ2) is 11.8. The normalized spacial score (nSPS) is 10.9. The highest BCUT2D eigenvalue weighted by molar-refractivity contribution is 6.30. The lowest BCUT2D eigenvalue weighted by molar-refractivity contribution is 0.145. The predicted octanol–water partition coefficient (Wildman–Crippen LogP) is 5.20. The number of nitrogens with one attached hydrogen (secondary N) is 1. The third kappa shape index (κ3) is 6.21. The van der Waals surface area contributed by atoms with Crippen LogP contribution in [-0.2, 0) is 11.3 Å². The Morgan fingerprint density at radius 3 is 2.41 bits per heavy atom. The molecule has 0 aliphatic carbocycles. The number of ether oxygens (including phenoxy) is 3. The maximum absolute atomic E-state index is 12.9. The van der Waals surface area contributed by atoms with Crippen molar-refractivity contribution in [2.75, 3.05) is 27.4 Å². The Kier molecular flexibility index (Phi) is 8.79. The first-order valence-corrected chi connectivity index (χ1v) is 11.4. The molecule has 182 valence electrons. The summed E-state index contributed by atoms with van der Waals surface area (Å²) in [7, 11) is 3.20. The lowest BCUT2D eigenvalue weighted by Gasteiger charge is -2.24. The number of halogens is 1. The van der Waals surface area contributed by atoms with Gasteiger partial charge in [-0.15, -0.1) is 0 Å². The number of amides is 2. The molecule has 0 saturated heterocycles. The number of aryl methyl sites for hydroxylation is 1. The van der Waals surface area contributed by atoms with Crippen molar-refractivity contribution < 1.29 is 19.0 Å². The van der Waals surface area contributed by atoms with E-state index in [0.29, 0.717) is 35.6 Å². The van der Waals surface area contributed by atoms with Gasteiger partial charge in [-0.25, -0.2) is 9.48 Å². The predicted molar refractivity (Wildman–Crippen MR) is 132 cm³/mol. The van der Waals surface area contributed by atoms with Crippen LogP contribution >= 0.6 is 11.6 Å². The van der Waals surface area contributed by atoms with Gasteiger partial charge in [0.05, 0.1) is 37.2 Å². The SMILES string of the molecule is COCCN(Cc1c(C)nn(-c2ccc(Cl)cc2)c1Oc1ccccc1OC)C(=O)NC(C)C. The number of hydrogen-bond donors (Lipinski definition) is 1. The summed E-state index contributed by atoms with van der Waals surface area (Å²) in [6.45, 7) is 6.84. The van der Waals surface area contributed by atoms with E-state index >= 15 is 0 Å². The standard InChI is InChI=1S/C25H31ClN4O4/c1-17(2)27-25(31)29(14-15-32-4)16-21-18(3)28-30(20-12-10-19(26)11-13-20)24(21)34-23-9-7-6-8-22(23)33-5/h6-13,17H,14-16H2,1-5H3,(H,27,31). The molecular formula is C25H31ClN4O4. The molecule has 3 rings (SSSR count). The van der Waals surface area contributed by atoms with Crippen LogP contribution in [0.2, 0.25) is 5.02 Å². The topological polar surface area (TPSA) is 77.8 Å². The molecule has 34 heavy (non-hydrogen) atoms. The molecule has 0 aliphatic rings. The summed E-state index contributed by atoms with van der Waals surface area (Å²) >= 11 is 6.10. The zero-order chi connectivity index (χ0) is 24.7. The number of hydrogen-bond acceptors (Lipinski definition) is 5. The van der Waals surface area contributed by atoms with E-state index in [-0.39, 0.29) is 18.6 Å². The zero-order valence-electron chi connectivity index (χ0n) is 20.2. The second-order valence-corrected chi connectivity index (χ2v) is 8.47. The number of methoxy groups -OCH3 is 2. The molecule has 2 aromatic carbocycles. The van der Waals surface area contributed by atoms with E-state index in [9.17, 15) is 4.79 Å². The molecule has 9 heteroatoms. The van der Waals surface area contributed by atoms with Crippen molar-refractivity contribution in [1.29, 1.82) is 0 Å². The van der Waals surface area contributed by atoms with Crippen molar-refractivity contribution in [2.45, 2.75) is 33.4 Å². The average molecular weight is 487 g/mol. The molecule has 0 spiro atoms. The molecule has 1 heterocycles. The summed E-state index contributed by atoms with van der Waals surface area (Å²) in [5.41, 5.74) is 2.29. The molecule has 2 amide bonds. The third-order valence-electron chi connectivity index (χ3n) is 5.10. The molecule has 1 N–H and O–H groups in total. The highest BCUT2D eigenvalue weighted by Gasteiger charge is 2.24. The molecule has 0 fully saturated rings. The summed E-state index contributed by atoms with van der Waals surface area (Å²) in [5.74, 6) is 1.62. The van der Waals surface area contributed by atoms with Gasteiger partial charge >= 0.3 is 6.03 Å². The zero-order valence-corrected chi connectivity index (χ0v) is 20.9. The fraction of sp³-hybridized carbons (Fsp3) is 0.360. The van der Waals surface area contributed by atoms with Gasteiger partial charge in [-0.3, -0.25) is 0 Å². The Morgan fingerprint density at radius 1 is 1.12 bits per heavy atom. The van der Waals surface area contributed by atoms with E-state index in [1.807, 2.05) is 57.2 Å². The maximum atomic E-state index is 12.9. The number of carbonyl (C=O) groups excluding carboxylic acids is 1. The van der Waals surface area contributed by atoms with Gasteiger partial charge in [0, 0.05) is 24.7 Å². The molecule has 1 aromatic heterocycles. The number of carbonyl (C=O) groups is 1. The van der Waals surface area contributed by atoms with E-state index in [4.69, 9.17) is 30.9 Å². The van der Waals surface area contributed by atoms with Crippen molar-refractivity contribution >= 4 is 17.6 Å².